The number of rotatable bonds is 5. The van der Waals surface area contributed by atoms with Crippen molar-refractivity contribution in [3.05, 3.63) is 69.5 Å². The highest BCUT2D eigenvalue weighted by Crippen LogP contribution is 2.19. The molecule has 1 heterocycles. The van der Waals surface area contributed by atoms with Crippen molar-refractivity contribution in [3.8, 4) is 0 Å². The van der Waals surface area contributed by atoms with Gasteiger partial charge in [0.25, 0.3) is 5.69 Å². The Morgan fingerprint density at radius 2 is 1.91 bits per heavy atom. The lowest BCUT2D eigenvalue weighted by atomic mass is 10.1. The second-order valence-corrected chi connectivity index (χ2v) is 5.80. The molecule has 0 aliphatic heterocycles. The van der Waals surface area contributed by atoms with Crippen LogP contribution in [-0.4, -0.2) is 26.8 Å². The molecular weight excluding hydrogens is 292 g/mol. The number of nitro benzene ring substituents is 1. The van der Waals surface area contributed by atoms with Crippen molar-refractivity contribution < 1.29 is 4.92 Å². The summed E-state index contributed by atoms with van der Waals surface area (Å²) in [7, 11) is 2.02. The fourth-order valence-electron chi connectivity index (χ4n) is 2.56. The molecule has 3 aromatic rings. The van der Waals surface area contributed by atoms with Crippen LogP contribution in [0.5, 0.6) is 0 Å². The van der Waals surface area contributed by atoms with Crippen LogP contribution < -0.4 is 0 Å². The van der Waals surface area contributed by atoms with Crippen LogP contribution in [0.2, 0.25) is 0 Å². The van der Waals surface area contributed by atoms with E-state index in [9.17, 15) is 10.1 Å². The van der Waals surface area contributed by atoms with Crippen molar-refractivity contribution in [2.24, 2.45) is 0 Å². The predicted octanol–water partition coefficient (Wildman–Crippen LogP) is 3.41. The van der Waals surface area contributed by atoms with Crippen LogP contribution in [0, 0.1) is 17.0 Å². The molecule has 0 bridgehead atoms. The first kappa shape index (κ1) is 15.2. The van der Waals surface area contributed by atoms with Crippen molar-refractivity contribution in [3.63, 3.8) is 0 Å². The number of fused-ring (bicyclic) bond motifs is 1. The van der Waals surface area contributed by atoms with Gasteiger partial charge < -0.3 is 4.98 Å². The van der Waals surface area contributed by atoms with Crippen LogP contribution in [0.3, 0.4) is 0 Å². The van der Waals surface area contributed by atoms with E-state index in [2.05, 4.69) is 46.1 Å². The van der Waals surface area contributed by atoms with Crippen molar-refractivity contribution in [2.75, 3.05) is 7.05 Å². The van der Waals surface area contributed by atoms with Crippen LogP contribution in [0.25, 0.3) is 11.0 Å². The molecular formula is C17H18N4O2. The number of nitro groups is 1. The van der Waals surface area contributed by atoms with Gasteiger partial charge in [0.05, 0.1) is 22.5 Å². The summed E-state index contributed by atoms with van der Waals surface area (Å²) >= 11 is 0. The van der Waals surface area contributed by atoms with Gasteiger partial charge in [0.1, 0.15) is 5.82 Å². The molecule has 0 unspecified atom stereocenters. The third-order valence-corrected chi connectivity index (χ3v) is 3.72. The molecule has 0 aliphatic carbocycles. The molecule has 0 radical (unpaired) electrons. The first-order chi connectivity index (χ1) is 11.0. The summed E-state index contributed by atoms with van der Waals surface area (Å²) in [4.78, 5) is 20.2. The number of hydrogen-bond donors (Lipinski definition) is 1. The lowest BCUT2D eigenvalue weighted by Crippen LogP contribution is -2.18. The number of aryl methyl sites for hydroxylation is 1. The van der Waals surface area contributed by atoms with Gasteiger partial charge in [0, 0.05) is 18.7 Å². The van der Waals surface area contributed by atoms with E-state index in [-0.39, 0.29) is 5.69 Å². The standard InChI is InChI=1S/C17H18N4O2/c1-12-3-5-13(6-4-12)10-20(2)11-17-18-15-8-7-14(21(22)23)9-16(15)19-17/h3-9H,10-11H2,1-2H3,(H,18,19). The predicted molar refractivity (Wildman–Crippen MR) is 89.1 cm³/mol. The van der Waals surface area contributed by atoms with Crippen LogP contribution >= 0.6 is 0 Å². The molecule has 2 aromatic carbocycles. The molecule has 0 amide bonds. The number of non-ortho nitro benzene ring substituents is 1. The van der Waals surface area contributed by atoms with Crippen LogP contribution in [0.1, 0.15) is 17.0 Å². The Balaban J connectivity index is 1.72. The number of benzene rings is 2. The van der Waals surface area contributed by atoms with Gasteiger partial charge in [-0.3, -0.25) is 15.0 Å². The molecule has 6 nitrogen and oxygen atoms in total. The largest absolute Gasteiger partial charge is 0.341 e. The number of nitrogens with one attached hydrogen (secondary N) is 1. The Morgan fingerprint density at radius 3 is 2.61 bits per heavy atom. The minimum atomic E-state index is -0.399. The lowest BCUT2D eigenvalue weighted by molar-refractivity contribution is -0.384. The van der Waals surface area contributed by atoms with Gasteiger partial charge >= 0.3 is 0 Å². The van der Waals surface area contributed by atoms with Gasteiger partial charge in [-0.15, -0.1) is 0 Å². The van der Waals surface area contributed by atoms with E-state index in [4.69, 9.17) is 0 Å². The van der Waals surface area contributed by atoms with Gasteiger partial charge in [-0.05, 0) is 25.6 Å². The zero-order valence-electron chi connectivity index (χ0n) is 13.1. The molecule has 0 spiro atoms. The molecule has 0 saturated heterocycles. The van der Waals surface area contributed by atoms with Crippen molar-refractivity contribution in [1.82, 2.24) is 14.9 Å². The Bertz CT molecular complexity index is 839. The smallest absolute Gasteiger partial charge is 0.271 e. The van der Waals surface area contributed by atoms with Crippen LogP contribution in [0.15, 0.2) is 42.5 Å². The van der Waals surface area contributed by atoms with E-state index in [1.165, 1.54) is 23.3 Å². The SMILES string of the molecule is Cc1ccc(CN(C)Cc2nc3ccc([N+](=O)[O-])cc3[nH]2)cc1. The second-order valence-electron chi connectivity index (χ2n) is 5.80. The van der Waals surface area contributed by atoms with Gasteiger partial charge in [-0.1, -0.05) is 29.8 Å². The van der Waals surface area contributed by atoms with E-state index in [0.29, 0.717) is 12.1 Å². The molecule has 118 valence electrons. The van der Waals surface area contributed by atoms with E-state index in [1.54, 1.807) is 6.07 Å². The molecule has 1 aromatic heterocycles. The highest BCUT2D eigenvalue weighted by molar-refractivity contribution is 5.77. The lowest BCUT2D eigenvalue weighted by Gasteiger charge is -2.15. The Kier molecular flexibility index (Phi) is 4.08. The third kappa shape index (κ3) is 3.54. The number of nitrogens with zero attached hydrogens (tertiary/aromatic N) is 3. The summed E-state index contributed by atoms with van der Waals surface area (Å²) in [5, 5.41) is 10.8. The molecule has 23 heavy (non-hydrogen) atoms. The summed E-state index contributed by atoms with van der Waals surface area (Å²) in [5.74, 6) is 0.801. The first-order valence-corrected chi connectivity index (χ1v) is 7.38. The second kappa shape index (κ2) is 6.18. The fourth-order valence-corrected chi connectivity index (χ4v) is 2.56. The summed E-state index contributed by atoms with van der Waals surface area (Å²) in [6, 6.07) is 13.1. The maximum absolute atomic E-state index is 10.8. The molecule has 0 aliphatic rings. The first-order valence-electron chi connectivity index (χ1n) is 7.38. The van der Waals surface area contributed by atoms with Gasteiger partial charge in [0.2, 0.25) is 0 Å². The monoisotopic (exact) mass is 310 g/mol. The molecule has 0 atom stereocenters. The van der Waals surface area contributed by atoms with Gasteiger partial charge in [-0.25, -0.2) is 4.98 Å². The molecule has 0 saturated carbocycles. The summed E-state index contributed by atoms with van der Waals surface area (Å²) < 4.78 is 0. The number of H-pyrrole nitrogens is 1. The summed E-state index contributed by atoms with van der Waals surface area (Å²) in [6.45, 7) is 3.54. The number of imidazole rings is 1. The molecule has 1 N–H and O–H groups in total. The summed E-state index contributed by atoms with van der Waals surface area (Å²) in [6.07, 6.45) is 0. The fraction of sp³-hybridized carbons (Fsp3) is 0.235. The third-order valence-electron chi connectivity index (χ3n) is 3.72. The minimum absolute atomic E-state index is 0.0701. The average Bonchev–Trinajstić information content (AvgIpc) is 2.90. The van der Waals surface area contributed by atoms with Gasteiger partial charge in [-0.2, -0.15) is 0 Å². The van der Waals surface area contributed by atoms with Crippen LogP contribution in [0.4, 0.5) is 5.69 Å². The summed E-state index contributed by atoms with van der Waals surface area (Å²) in [5.41, 5.74) is 3.99. The van der Waals surface area contributed by atoms with E-state index in [1.807, 2.05) is 7.05 Å². The van der Waals surface area contributed by atoms with Crippen molar-refractivity contribution >= 4 is 16.7 Å². The zero-order chi connectivity index (χ0) is 16.4. The highest BCUT2D eigenvalue weighted by atomic mass is 16.6. The quantitative estimate of drug-likeness (QED) is 0.579. The van der Waals surface area contributed by atoms with E-state index < -0.39 is 4.92 Å². The Hall–Kier alpha value is -2.73. The number of hydrogen-bond acceptors (Lipinski definition) is 4. The number of aromatic nitrogens is 2. The Labute approximate surface area is 133 Å². The van der Waals surface area contributed by atoms with Crippen molar-refractivity contribution in [2.45, 2.75) is 20.0 Å². The average molecular weight is 310 g/mol. The van der Waals surface area contributed by atoms with E-state index in [0.717, 1.165) is 17.9 Å². The zero-order valence-corrected chi connectivity index (χ0v) is 13.1. The topological polar surface area (TPSA) is 75.1 Å². The van der Waals surface area contributed by atoms with E-state index >= 15 is 0 Å². The number of aromatic amines is 1. The molecule has 6 heteroatoms. The highest BCUT2D eigenvalue weighted by Gasteiger charge is 2.11. The maximum atomic E-state index is 10.8. The maximum Gasteiger partial charge on any atom is 0.271 e. The van der Waals surface area contributed by atoms with Gasteiger partial charge in [0.15, 0.2) is 0 Å². The minimum Gasteiger partial charge on any atom is -0.341 e. The normalized spacial score (nSPS) is 11.3. The molecule has 3 rings (SSSR count). The Morgan fingerprint density at radius 1 is 1.17 bits per heavy atom. The molecule has 0 fully saturated rings. The van der Waals surface area contributed by atoms with Crippen LogP contribution in [-0.2, 0) is 13.1 Å². The van der Waals surface area contributed by atoms with Crippen molar-refractivity contribution in [1.29, 1.82) is 0 Å².